The van der Waals surface area contributed by atoms with Crippen LogP contribution in [0.1, 0.15) is 19.3 Å². The molecule has 1 aromatic heterocycles. The summed E-state index contributed by atoms with van der Waals surface area (Å²) in [5, 5.41) is 8.73. The summed E-state index contributed by atoms with van der Waals surface area (Å²) in [6, 6.07) is 0. The molecule has 0 aromatic carbocycles. The maximum Gasteiger partial charge on any atom is 0.303 e. The molecule has 1 atom stereocenters. The smallest absolute Gasteiger partial charge is 0.303 e. The average molecular weight is 237 g/mol. The van der Waals surface area contributed by atoms with Crippen molar-refractivity contribution >= 4 is 5.97 Å². The number of nitrogens with zero attached hydrogens (tertiary/aromatic N) is 3. The summed E-state index contributed by atoms with van der Waals surface area (Å²) in [5.41, 5.74) is 0. The first-order valence-corrected chi connectivity index (χ1v) is 6.14. The van der Waals surface area contributed by atoms with Crippen molar-refractivity contribution in [1.82, 2.24) is 14.5 Å². The van der Waals surface area contributed by atoms with Gasteiger partial charge in [0.15, 0.2) is 0 Å². The van der Waals surface area contributed by atoms with Gasteiger partial charge in [-0.1, -0.05) is 0 Å². The maximum absolute atomic E-state index is 10.6. The lowest BCUT2D eigenvalue weighted by molar-refractivity contribution is -0.138. The Morgan fingerprint density at radius 1 is 1.47 bits per heavy atom. The van der Waals surface area contributed by atoms with Crippen LogP contribution >= 0.6 is 0 Å². The molecule has 1 aliphatic heterocycles. The van der Waals surface area contributed by atoms with Crippen LogP contribution < -0.4 is 0 Å². The summed E-state index contributed by atoms with van der Waals surface area (Å²) < 4.78 is 2.07. The maximum atomic E-state index is 10.6. The zero-order valence-corrected chi connectivity index (χ0v) is 9.96. The summed E-state index contributed by atoms with van der Waals surface area (Å²) >= 11 is 0. The van der Waals surface area contributed by atoms with Gasteiger partial charge in [-0.15, -0.1) is 0 Å². The van der Waals surface area contributed by atoms with Gasteiger partial charge in [0, 0.05) is 31.9 Å². The number of aromatic nitrogens is 2. The van der Waals surface area contributed by atoms with E-state index in [9.17, 15) is 4.79 Å². The lowest BCUT2D eigenvalue weighted by Gasteiger charge is -2.15. The molecule has 2 heterocycles. The van der Waals surface area contributed by atoms with Crippen LogP contribution in [-0.4, -0.2) is 45.2 Å². The Balaban J connectivity index is 1.63. The van der Waals surface area contributed by atoms with Crippen LogP contribution in [-0.2, 0) is 11.3 Å². The van der Waals surface area contributed by atoms with E-state index in [0.29, 0.717) is 12.3 Å². The van der Waals surface area contributed by atoms with Crippen LogP contribution in [0.2, 0.25) is 0 Å². The quantitative estimate of drug-likeness (QED) is 0.804. The number of carboxylic acids is 1. The minimum Gasteiger partial charge on any atom is -0.481 e. The van der Waals surface area contributed by atoms with Gasteiger partial charge in [-0.05, 0) is 31.8 Å². The van der Waals surface area contributed by atoms with E-state index in [2.05, 4.69) is 14.5 Å². The molecule has 94 valence electrons. The third-order valence-corrected chi connectivity index (χ3v) is 3.28. The molecule has 0 saturated carbocycles. The van der Waals surface area contributed by atoms with E-state index in [4.69, 9.17) is 5.11 Å². The number of aliphatic carboxylic acids is 1. The second kappa shape index (κ2) is 5.82. The Morgan fingerprint density at radius 3 is 3.06 bits per heavy atom. The monoisotopic (exact) mass is 237 g/mol. The molecule has 1 N–H and O–H groups in total. The molecular weight excluding hydrogens is 218 g/mol. The highest BCUT2D eigenvalue weighted by Gasteiger charge is 2.23. The molecule has 1 fully saturated rings. The number of aryl methyl sites for hydroxylation is 1. The fraction of sp³-hybridized carbons (Fsp3) is 0.667. The zero-order chi connectivity index (χ0) is 12.1. The van der Waals surface area contributed by atoms with Crippen molar-refractivity contribution in [1.29, 1.82) is 0 Å². The highest BCUT2D eigenvalue weighted by molar-refractivity contribution is 5.67. The number of likely N-dealkylation sites (tertiary alicyclic amines) is 1. The molecule has 1 aromatic rings. The molecular formula is C12H19N3O2. The van der Waals surface area contributed by atoms with Gasteiger partial charge in [-0.25, -0.2) is 4.98 Å². The number of rotatable bonds is 6. The second-order valence-electron chi connectivity index (χ2n) is 4.71. The molecule has 2 rings (SSSR count). The number of carbonyl (C=O) groups is 1. The minimum atomic E-state index is -0.671. The van der Waals surface area contributed by atoms with E-state index in [1.165, 1.54) is 0 Å². The number of hydrogen-bond acceptors (Lipinski definition) is 3. The summed E-state index contributed by atoms with van der Waals surface area (Å²) in [6.07, 6.45) is 8.03. The van der Waals surface area contributed by atoms with E-state index in [1.54, 1.807) is 6.20 Å². The van der Waals surface area contributed by atoms with Crippen molar-refractivity contribution in [2.75, 3.05) is 19.6 Å². The highest BCUT2D eigenvalue weighted by Crippen LogP contribution is 2.19. The van der Waals surface area contributed by atoms with Gasteiger partial charge < -0.3 is 14.6 Å². The normalized spacial score (nSPS) is 20.8. The van der Waals surface area contributed by atoms with Crippen molar-refractivity contribution in [2.45, 2.75) is 25.8 Å². The van der Waals surface area contributed by atoms with Gasteiger partial charge in [0.25, 0.3) is 0 Å². The molecule has 0 spiro atoms. The largest absolute Gasteiger partial charge is 0.481 e. The van der Waals surface area contributed by atoms with Gasteiger partial charge in [0.05, 0.1) is 6.33 Å². The summed E-state index contributed by atoms with van der Waals surface area (Å²) in [7, 11) is 0. The summed E-state index contributed by atoms with van der Waals surface area (Å²) in [5.74, 6) is -0.323. The van der Waals surface area contributed by atoms with Crippen molar-refractivity contribution in [3.63, 3.8) is 0 Å². The number of imidazole rings is 1. The molecule has 0 bridgehead atoms. The first kappa shape index (κ1) is 12.1. The van der Waals surface area contributed by atoms with Crippen LogP contribution in [0, 0.1) is 5.92 Å². The topological polar surface area (TPSA) is 58.4 Å². The van der Waals surface area contributed by atoms with Gasteiger partial charge >= 0.3 is 5.97 Å². The van der Waals surface area contributed by atoms with E-state index in [-0.39, 0.29) is 0 Å². The molecule has 5 heteroatoms. The molecule has 0 amide bonds. The van der Waals surface area contributed by atoms with E-state index in [0.717, 1.165) is 39.0 Å². The first-order valence-electron chi connectivity index (χ1n) is 6.14. The van der Waals surface area contributed by atoms with Gasteiger partial charge in [-0.3, -0.25) is 4.79 Å². The van der Waals surface area contributed by atoms with E-state index in [1.807, 2.05) is 12.5 Å². The Hall–Kier alpha value is -1.36. The first-order chi connectivity index (χ1) is 8.24. The Morgan fingerprint density at radius 2 is 2.35 bits per heavy atom. The van der Waals surface area contributed by atoms with Gasteiger partial charge in [-0.2, -0.15) is 0 Å². The van der Waals surface area contributed by atoms with Crippen LogP contribution in [0.5, 0.6) is 0 Å². The zero-order valence-electron chi connectivity index (χ0n) is 9.96. The Labute approximate surface area is 101 Å². The molecule has 17 heavy (non-hydrogen) atoms. The molecule has 0 aliphatic carbocycles. The second-order valence-corrected chi connectivity index (χ2v) is 4.71. The van der Waals surface area contributed by atoms with Crippen molar-refractivity contribution < 1.29 is 9.90 Å². The van der Waals surface area contributed by atoms with E-state index < -0.39 is 5.97 Å². The number of carboxylic acid groups (broad SMARTS) is 1. The van der Waals surface area contributed by atoms with Gasteiger partial charge in [0.1, 0.15) is 0 Å². The van der Waals surface area contributed by atoms with E-state index >= 15 is 0 Å². The Kier molecular flexibility index (Phi) is 4.14. The Bertz CT molecular complexity index is 351. The minimum absolute atomic E-state index is 0.317. The standard InChI is InChI=1S/C12H19N3O2/c16-12(17)8-11-2-6-14(9-11)4-1-5-15-7-3-13-10-15/h3,7,10-11H,1-2,4-6,8-9H2,(H,16,17). The SMILES string of the molecule is O=C(O)CC1CCN(CCCn2ccnc2)C1. The average Bonchev–Trinajstić information content (AvgIpc) is 2.89. The predicted octanol–water partition coefficient (Wildman–Crippen LogP) is 1.07. The molecule has 0 radical (unpaired) electrons. The predicted molar refractivity (Wildman–Crippen MR) is 63.6 cm³/mol. The summed E-state index contributed by atoms with van der Waals surface area (Å²) in [4.78, 5) is 17.0. The van der Waals surface area contributed by atoms with Crippen molar-refractivity contribution in [3.8, 4) is 0 Å². The van der Waals surface area contributed by atoms with Crippen molar-refractivity contribution in [3.05, 3.63) is 18.7 Å². The van der Waals surface area contributed by atoms with Crippen LogP contribution in [0.4, 0.5) is 0 Å². The molecule has 1 aliphatic rings. The molecule has 1 saturated heterocycles. The lowest BCUT2D eigenvalue weighted by Crippen LogP contribution is -2.23. The van der Waals surface area contributed by atoms with Gasteiger partial charge in [0.2, 0.25) is 0 Å². The van der Waals surface area contributed by atoms with Crippen LogP contribution in [0.15, 0.2) is 18.7 Å². The lowest BCUT2D eigenvalue weighted by atomic mass is 10.1. The fourth-order valence-electron chi connectivity index (χ4n) is 2.43. The van der Waals surface area contributed by atoms with Crippen LogP contribution in [0.25, 0.3) is 0 Å². The third-order valence-electron chi connectivity index (χ3n) is 3.28. The highest BCUT2D eigenvalue weighted by atomic mass is 16.4. The third kappa shape index (κ3) is 3.85. The molecule has 1 unspecified atom stereocenters. The fourth-order valence-corrected chi connectivity index (χ4v) is 2.43. The summed E-state index contributed by atoms with van der Waals surface area (Å²) in [6.45, 7) is 4.02. The van der Waals surface area contributed by atoms with Crippen molar-refractivity contribution in [2.24, 2.45) is 5.92 Å². The van der Waals surface area contributed by atoms with Crippen LogP contribution in [0.3, 0.4) is 0 Å². The molecule has 5 nitrogen and oxygen atoms in total. The number of hydrogen-bond donors (Lipinski definition) is 1.